The molecule has 0 aliphatic carbocycles. The quantitative estimate of drug-likeness (QED) is 0.463. The monoisotopic (exact) mass is 425 g/mol. The van der Waals surface area contributed by atoms with E-state index in [1.807, 2.05) is 37.3 Å². The fraction of sp³-hybridized carbons (Fsp3) is 0.130. The van der Waals surface area contributed by atoms with E-state index in [2.05, 4.69) is 31.4 Å². The third kappa shape index (κ3) is 4.15. The van der Waals surface area contributed by atoms with Crippen LogP contribution >= 0.6 is 0 Å². The van der Waals surface area contributed by atoms with Crippen LogP contribution in [0.3, 0.4) is 0 Å². The Kier molecular flexibility index (Phi) is 5.85. The molecular formula is C23H19N7O2. The van der Waals surface area contributed by atoms with Crippen LogP contribution in [0.15, 0.2) is 61.1 Å². The van der Waals surface area contributed by atoms with Crippen LogP contribution in [0.1, 0.15) is 28.4 Å². The summed E-state index contributed by atoms with van der Waals surface area (Å²) in [5.74, 6) is 0.872. The highest BCUT2D eigenvalue weighted by Crippen LogP contribution is 2.27. The Labute approximate surface area is 184 Å². The van der Waals surface area contributed by atoms with Gasteiger partial charge >= 0.3 is 5.97 Å². The van der Waals surface area contributed by atoms with Crippen molar-refractivity contribution in [1.82, 2.24) is 24.7 Å². The number of anilines is 2. The van der Waals surface area contributed by atoms with Crippen LogP contribution < -0.4 is 5.32 Å². The number of hydrogen-bond donors (Lipinski definition) is 1. The number of aromatic nitrogens is 5. The standard InChI is InChI=1S/C23H19N7O2/c1-3-32-23(31)18-14-26-20(16-8-6-7-15(2)11-16)28-21(18)29-22-17(12-24)13-27-30(22)19-9-4-5-10-25-19/h4-11,13-14H,3H2,1-2H3,(H,26,28,29). The zero-order valence-electron chi connectivity index (χ0n) is 17.5. The molecule has 0 spiro atoms. The number of pyridine rings is 1. The first-order valence-electron chi connectivity index (χ1n) is 9.88. The normalized spacial score (nSPS) is 10.4. The number of carbonyl (C=O) groups is 1. The smallest absolute Gasteiger partial charge is 0.343 e. The largest absolute Gasteiger partial charge is 0.462 e. The SMILES string of the molecule is CCOC(=O)c1cnc(-c2cccc(C)c2)nc1Nc1c(C#N)cnn1-c1ccccn1. The number of aryl methyl sites for hydroxylation is 1. The molecule has 4 aromatic rings. The molecule has 3 heterocycles. The van der Waals surface area contributed by atoms with Crippen LogP contribution in [0.25, 0.3) is 17.2 Å². The molecule has 0 fully saturated rings. The van der Waals surface area contributed by atoms with Gasteiger partial charge in [0.1, 0.15) is 23.0 Å². The highest BCUT2D eigenvalue weighted by atomic mass is 16.5. The summed E-state index contributed by atoms with van der Waals surface area (Å²) in [4.78, 5) is 25.8. The molecule has 0 atom stereocenters. The molecule has 1 aromatic carbocycles. The summed E-state index contributed by atoms with van der Waals surface area (Å²) in [6.45, 7) is 3.89. The maximum absolute atomic E-state index is 12.6. The van der Waals surface area contributed by atoms with Gasteiger partial charge in [-0.15, -0.1) is 0 Å². The molecule has 9 nitrogen and oxygen atoms in total. The van der Waals surface area contributed by atoms with E-state index in [0.717, 1.165) is 11.1 Å². The van der Waals surface area contributed by atoms with Crippen molar-refractivity contribution in [2.75, 3.05) is 11.9 Å². The van der Waals surface area contributed by atoms with E-state index in [0.29, 0.717) is 17.5 Å². The Morgan fingerprint density at radius 2 is 2.06 bits per heavy atom. The summed E-state index contributed by atoms with van der Waals surface area (Å²) in [6.07, 6.45) is 4.46. The van der Waals surface area contributed by atoms with E-state index in [1.165, 1.54) is 17.1 Å². The topological polar surface area (TPSA) is 119 Å². The van der Waals surface area contributed by atoms with Crippen molar-refractivity contribution < 1.29 is 9.53 Å². The van der Waals surface area contributed by atoms with E-state index in [4.69, 9.17) is 4.74 Å². The lowest BCUT2D eigenvalue weighted by molar-refractivity contribution is 0.0526. The second-order valence-electron chi connectivity index (χ2n) is 6.79. The number of benzene rings is 1. The lowest BCUT2D eigenvalue weighted by Crippen LogP contribution is -2.13. The molecule has 0 bridgehead atoms. The zero-order chi connectivity index (χ0) is 22.5. The Morgan fingerprint density at radius 1 is 1.19 bits per heavy atom. The van der Waals surface area contributed by atoms with Crippen molar-refractivity contribution in [3.05, 3.63) is 77.7 Å². The van der Waals surface area contributed by atoms with Gasteiger partial charge in [0.2, 0.25) is 0 Å². The van der Waals surface area contributed by atoms with Crippen molar-refractivity contribution >= 4 is 17.6 Å². The fourth-order valence-corrected chi connectivity index (χ4v) is 3.07. The molecule has 3 aromatic heterocycles. The van der Waals surface area contributed by atoms with Crippen LogP contribution in [0.2, 0.25) is 0 Å². The van der Waals surface area contributed by atoms with E-state index in [-0.39, 0.29) is 23.6 Å². The Balaban J connectivity index is 1.84. The van der Waals surface area contributed by atoms with Gasteiger partial charge in [-0.1, -0.05) is 29.8 Å². The molecule has 4 rings (SSSR count). The van der Waals surface area contributed by atoms with E-state index < -0.39 is 5.97 Å². The minimum atomic E-state index is -0.576. The average Bonchev–Trinajstić information content (AvgIpc) is 3.22. The number of hydrogen-bond acceptors (Lipinski definition) is 8. The summed E-state index contributed by atoms with van der Waals surface area (Å²) in [5, 5.41) is 16.9. The van der Waals surface area contributed by atoms with Crippen molar-refractivity contribution in [2.45, 2.75) is 13.8 Å². The van der Waals surface area contributed by atoms with Gasteiger partial charge in [-0.25, -0.2) is 19.7 Å². The lowest BCUT2D eigenvalue weighted by Gasteiger charge is -2.13. The molecule has 0 unspecified atom stereocenters. The van der Waals surface area contributed by atoms with Crippen molar-refractivity contribution in [3.8, 4) is 23.3 Å². The molecule has 9 heteroatoms. The minimum Gasteiger partial charge on any atom is -0.462 e. The van der Waals surface area contributed by atoms with Gasteiger partial charge in [0.25, 0.3) is 0 Å². The van der Waals surface area contributed by atoms with Crippen LogP contribution in [0.5, 0.6) is 0 Å². The van der Waals surface area contributed by atoms with E-state index >= 15 is 0 Å². The molecule has 0 aliphatic rings. The van der Waals surface area contributed by atoms with E-state index in [1.54, 1.807) is 25.3 Å². The van der Waals surface area contributed by atoms with Gasteiger partial charge in [-0.3, -0.25) is 0 Å². The Bertz CT molecular complexity index is 1310. The Morgan fingerprint density at radius 3 is 2.78 bits per heavy atom. The molecule has 0 saturated carbocycles. The second kappa shape index (κ2) is 9.06. The zero-order valence-corrected chi connectivity index (χ0v) is 17.5. The predicted octanol–water partition coefficient (Wildman–Crippen LogP) is 3.82. The van der Waals surface area contributed by atoms with Gasteiger partial charge in [-0.2, -0.15) is 15.0 Å². The number of nitrogens with one attached hydrogen (secondary N) is 1. The summed E-state index contributed by atoms with van der Waals surface area (Å²) < 4.78 is 6.64. The molecule has 0 aliphatic heterocycles. The van der Waals surface area contributed by atoms with Crippen LogP contribution in [-0.2, 0) is 4.74 Å². The third-order valence-electron chi connectivity index (χ3n) is 4.55. The molecule has 0 radical (unpaired) electrons. The van der Waals surface area contributed by atoms with Gasteiger partial charge in [0.05, 0.1) is 12.8 Å². The van der Waals surface area contributed by atoms with Gasteiger partial charge in [0, 0.05) is 18.0 Å². The fourth-order valence-electron chi connectivity index (χ4n) is 3.07. The minimum absolute atomic E-state index is 0.140. The van der Waals surface area contributed by atoms with Crippen molar-refractivity contribution in [2.24, 2.45) is 0 Å². The molecule has 158 valence electrons. The summed E-state index contributed by atoms with van der Waals surface area (Å²) in [6, 6.07) is 15.2. The third-order valence-corrected chi connectivity index (χ3v) is 4.55. The summed E-state index contributed by atoms with van der Waals surface area (Å²) >= 11 is 0. The summed E-state index contributed by atoms with van der Waals surface area (Å²) in [7, 11) is 0. The Hall–Kier alpha value is -4.58. The molecule has 0 saturated heterocycles. The van der Waals surface area contributed by atoms with Gasteiger partial charge in [-0.05, 0) is 32.0 Å². The first kappa shape index (κ1) is 20.7. The number of nitrogens with zero attached hydrogens (tertiary/aromatic N) is 6. The van der Waals surface area contributed by atoms with E-state index in [9.17, 15) is 10.1 Å². The first-order valence-corrected chi connectivity index (χ1v) is 9.88. The maximum atomic E-state index is 12.6. The number of carbonyl (C=O) groups excluding carboxylic acids is 1. The molecule has 32 heavy (non-hydrogen) atoms. The van der Waals surface area contributed by atoms with Crippen LogP contribution in [-0.4, -0.2) is 37.3 Å². The maximum Gasteiger partial charge on any atom is 0.343 e. The predicted molar refractivity (Wildman–Crippen MR) is 118 cm³/mol. The van der Waals surface area contributed by atoms with Crippen molar-refractivity contribution in [3.63, 3.8) is 0 Å². The van der Waals surface area contributed by atoms with Crippen LogP contribution in [0.4, 0.5) is 11.6 Å². The van der Waals surface area contributed by atoms with Crippen molar-refractivity contribution in [1.29, 1.82) is 5.26 Å². The molecule has 1 N–H and O–H groups in total. The lowest BCUT2D eigenvalue weighted by atomic mass is 10.1. The second-order valence-corrected chi connectivity index (χ2v) is 6.79. The highest BCUT2D eigenvalue weighted by molar-refractivity contribution is 5.95. The van der Waals surface area contributed by atoms with Gasteiger partial charge < -0.3 is 10.1 Å². The van der Waals surface area contributed by atoms with Crippen LogP contribution in [0, 0.1) is 18.3 Å². The highest BCUT2D eigenvalue weighted by Gasteiger charge is 2.21. The number of esters is 1. The molecule has 0 amide bonds. The van der Waals surface area contributed by atoms with Gasteiger partial charge in [0.15, 0.2) is 17.5 Å². The number of rotatable bonds is 6. The average molecular weight is 425 g/mol. The number of nitriles is 1. The molecular weight excluding hydrogens is 406 g/mol. The first-order chi connectivity index (χ1) is 15.6. The number of ether oxygens (including phenoxy) is 1. The summed E-state index contributed by atoms with van der Waals surface area (Å²) in [5.41, 5.74) is 2.25.